The first kappa shape index (κ1) is 18.9. The largest absolute Gasteiger partial charge is 0.416 e. The number of hydrogen-bond acceptors (Lipinski definition) is 5. The van der Waals surface area contributed by atoms with E-state index in [0.717, 1.165) is 19.2 Å². The van der Waals surface area contributed by atoms with Crippen LogP contribution in [0.15, 0.2) is 18.2 Å². The summed E-state index contributed by atoms with van der Waals surface area (Å²) in [4.78, 5) is 23.9. The van der Waals surface area contributed by atoms with Gasteiger partial charge in [0, 0.05) is 32.2 Å². The number of nitrogens with one attached hydrogen (secondary N) is 2. The van der Waals surface area contributed by atoms with E-state index >= 15 is 0 Å². The molecule has 0 atom stereocenters. The highest BCUT2D eigenvalue weighted by atomic mass is 19.4. The van der Waals surface area contributed by atoms with Crippen molar-refractivity contribution in [3.8, 4) is 0 Å². The number of halogens is 3. The zero-order valence-corrected chi connectivity index (χ0v) is 13.1. The Balaban J connectivity index is 1.94. The minimum atomic E-state index is -4.70. The van der Waals surface area contributed by atoms with Crippen LogP contribution in [-0.2, 0) is 10.9 Å². The molecule has 0 aliphatic carbocycles. The van der Waals surface area contributed by atoms with Gasteiger partial charge in [0.15, 0.2) is 0 Å². The summed E-state index contributed by atoms with van der Waals surface area (Å²) in [5, 5.41) is 15.7. The molecular formula is C14H17F3N4O4. The monoisotopic (exact) mass is 362 g/mol. The molecule has 0 radical (unpaired) electrons. The van der Waals surface area contributed by atoms with Gasteiger partial charge in [0.25, 0.3) is 5.69 Å². The Hall–Kier alpha value is -2.40. The zero-order chi connectivity index (χ0) is 18.4. The number of hydrogen-bond donors (Lipinski definition) is 2. The number of nitro benzene ring substituents is 1. The number of urea groups is 1. The first-order valence-electron chi connectivity index (χ1n) is 7.48. The van der Waals surface area contributed by atoms with Crippen molar-refractivity contribution in [3.05, 3.63) is 33.9 Å². The summed E-state index contributed by atoms with van der Waals surface area (Å²) < 4.78 is 43.1. The molecule has 138 valence electrons. The lowest BCUT2D eigenvalue weighted by atomic mass is 10.1. The number of alkyl halides is 3. The second kappa shape index (κ2) is 8.12. The molecule has 8 nitrogen and oxygen atoms in total. The van der Waals surface area contributed by atoms with Crippen LogP contribution in [0.4, 0.5) is 29.3 Å². The lowest BCUT2D eigenvalue weighted by Crippen LogP contribution is -2.42. The van der Waals surface area contributed by atoms with E-state index in [2.05, 4.69) is 15.5 Å². The third kappa shape index (κ3) is 5.57. The molecule has 11 heteroatoms. The van der Waals surface area contributed by atoms with Gasteiger partial charge in [-0.3, -0.25) is 15.0 Å². The fourth-order valence-electron chi connectivity index (χ4n) is 2.28. The van der Waals surface area contributed by atoms with E-state index in [9.17, 15) is 28.1 Å². The van der Waals surface area contributed by atoms with Crippen LogP contribution in [0.25, 0.3) is 0 Å². The number of nitrogens with zero attached hydrogens (tertiary/aromatic N) is 2. The summed E-state index contributed by atoms with van der Waals surface area (Å²) in [6.07, 6.45) is -4.70. The minimum Gasteiger partial charge on any atom is -0.379 e. The first-order valence-corrected chi connectivity index (χ1v) is 7.48. The van der Waals surface area contributed by atoms with Crippen molar-refractivity contribution in [1.82, 2.24) is 10.2 Å². The number of nitro groups is 1. The van der Waals surface area contributed by atoms with Crippen LogP contribution < -0.4 is 10.6 Å². The number of carbonyl (C=O) groups excluding carboxylic acids is 1. The Morgan fingerprint density at radius 1 is 1.32 bits per heavy atom. The van der Waals surface area contributed by atoms with Gasteiger partial charge in [0.05, 0.1) is 23.7 Å². The van der Waals surface area contributed by atoms with Gasteiger partial charge >= 0.3 is 12.2 Å². The molecule has 1 aliphatic heterocycles. The molecule has 1 aromatic carbocycles. The van der Waals surface area contributed by atoms with Crippen LogP contribution in [0, 0.1) is 10.1 Å². The Bertz CT molecular complexity index is 633. The molecule has 1 saturated heterocycles. The van der Waals surface area contributed by atoms with Gasteiger partial charge < -0.3 is 15.4 Å². The summed E-state index contributed by atoms with van der Waals surface area (Å²) >= 11 is 0. The molecule has 0 unspecified atom stereocenters. The highest BCUT2D eigenvalue weighted by Gasteiger charge is 2.33. The summed E-state index contributed by atoms with van der Waals surface area (Å²) in [5.41, 5.74) is -2.28. The molecule has 1 heterocycles. The van der Waals surface area contributed by atoms with Crippen molar-refractivity contribution in [2.75, 3.05) is 44.7 Å². The quantitative estimate of drug-likeness (QED) is 0.617. The summed E-state index contributed by atoms with van der Waals surface area (Å²) in [6.45, 7) is 3.58. The van der Waals surface area contributed by atoms with E-state index in [4.69, 9.17) is 4.74 Å². The lowest BCUT2D eigenvalue weighted by molar-refractivity contribution is -0.384. The first-order chi connectivity index (χ1) is 11.8. The van der Waals surface area contributed by atoms with Crippen LogP contribution in [0.3, 0.4) is 0 Å². The number of rotatable bonds is 5. The molecule has 1 aromatic rings. The highest BCUT2D eigenvalue weighted by Crippen LogP contribution is 2.34. The average molecular weight is 362 g/mol. The maximum Gasteiger partial charge on any atom is 0.416 e. The van der Waals surface area contributed by atoms with Gasteiger partial charge in [0.2, 0.25) is 0 Å². The van der Waals surface area contributed by atoms with E-state index in [-0.39, 0.29) is 5.69 Å². The predicted octanol–water partition coefficient (Wildman–Crippen LogP) is 2.07. The van der Waals surface area contributed by atoms with E-state index in [1.54, 1.807) is 0 Å². The Morgan fingerprint density at radius 3 is 2.60 bits per heavy atom. The highest BCUT2D eigenvalue weighted by molar-refractivity contribution is 5.91. The number of anilines is 1. The Labute approximate surface area is 141 Å². The van der Waals surface area contributed by atoms with E-state index in [1.165, 1.54) is 0 Å². The van der Waals surface area contributed by atoms with Crippen molar-refractivity contribution < 1.29 is 27.6 Å². The second-order valence-corrected chi connectivity index (χ2v) is 5.32. The van der Waals surface area contributed by atoms with Gasteiger partial charge in [0.1, 0.15) is 5.69 Å². The molecule has 2 rings (SSSR count). The summed E-state index contributed by atoms with van der Waals surface area (Å²) in [5.74, 6) is 0. The van der Waals surface area contributed by atoms with Crippen molar-refractivity contribution >= 4 is 17.4 Å². The van der Waals surface area contributed by atoms with Crippen LogP contribution >= 0.6 is 0 Å². The summed E-state index contributed by atoms with van der Waals surface area (Å²) in [6, 6.07) is 1.21. The zero-order valence-electron chi connectivity index (χ0n) is 13.1. The fourth-order valence-corrected chi connectivity index (χ4v) is 2.28. The predicted molar refractivity (Wildman–Crippen MR) is 82.4 cm³/mol. The van der Waals surface area contributed by atoms with Crippen LogP contribution in [0.2, 0.25) is 0 Å². The van der Waals surface area contributed by atoms with Crippen LogP contribution in [-0.4, -0.2) is 55.2 Å². The van der Waals surface area contributed by atoms with Crippen molar-refractivity contribution in [2.45, 2.75) is 6.18 Å². The number of carbonyl (C=O) groups is 1. The van der Waals surface area contributed by atoms with Crippen molar-refractivity contribution in [3.63, 3.8) is 0 Å². The minimum absolute atomic E-state index is 0.292. The number of amides is 2. The number of ether oxygens (including phenoxy) is 1. The molecule has 1 fully saturated rings. The van der Waals surface area contributed by atoms with Gasteiger partial charge in [-0.25, -0.2) is 4.79 Å². The molecule has 0 bridgehead atoms. The van der Waals surface area contributed by atoms with E-state index in [1.807, 2.05) is 0 Å². The molecule has 2 amide bonds. The number of benzene rings is 1. The van der Waals surface area contributed by atoms with Gasteiger partial charge in [-0.15, -0.1) is 0 Å². The van der Waals surface area contributed by atoms with Crippen LogP contribution in [0.1, 0.15) is 5.56 Å². The van der Waals surface area contributed by atoms with Crippen LogP contribution in [0.5, 0.6) is 0 Å². The van der Waals surface area contributed by atoms with Gasteiger partial charge in [-0.05, 0) is 12.1 Å². The summed E-state index contributed by atoms with van der Waals surface area (Å²) in [7, 11) is 0. The third-order valence-electron chi connectivity index (χ3n) is 3.59. The molecule has 2 N–H and O–H groups in total. The smallest absolute Gasteiger partial charge is 0.379 e. The van der Waals surface area contributed by atoms with Gasteiger partial charge in [-0.1, -0.05) is 0 Å². The molecular weight excluding hydrogens is 345 g/mol. The molecule has 25 heavy (non-hydrogen) atoms. The number of morpholine rings is 1. The Morgan fingerprint density at radius 2 is 2.00 bits per heavy atom. The molecule has 0 aromatic heterocycles. The normalized spacial score (nSPS) is 15.6. The van der Waals surface area contributed by atoms with Crippen molar-refractivity contribution in [2.24, 2.45) is 0 Å². The van der Waals surface area contributed by atoms with Gasteiger partial charge in [-0.2, -0.15) is 13.2 Å². The standard InChI is InChI=1S/C14H17F3N4O4/c15-14(16,17)10-1-2-11(12(9-10)21(23)24)19-13(22)18-3-4-20-5-7-25-8-6-20/h1-2,9H,3-8H2,(H2,18,19,22). The van der Waals surface area contributed by atoms with E-state index in [0.29, 0.717) is 38.4 Å². The molecule has 0 saturated carbocycles. The second-order valence-electron chi connectivity index (χ2n) is 5.32. The fraction of sp³-hybridized carbons (Fsp3) is 0.500. The third-order valence-corrected chi connectivity index (χ3v) is 3.59. The maximum atomic E-state index is 12.6. The molecule has 0 spiro atoms. The SMILES string of the molecule is O=C(NCCN1CCOCC1)Nc1ccc(C(F)(F)F)cc1[N+](=O)[O-]. The lowest BCUT2D eigenvalue weighted by Gasteiger charge is -2.26. The van der Waals surface area contributed by atoms with Crippen molar-refractivity contribution in [1.29, 1.82) is 0 Å². The topological polar surface area (TPSA) is 96.7 Å². The molecule has 1 aliphatic rings. The Kier molecular flexibility index (Phi) is 6.15. The average Bonchev–Trinajstić information content (AvgIpc) is 2.55. The maximum absolute atomic E-state index is 12.6. The van der Waals surface area contributed by atoms with E-state index < -0.39 is 28.4 Å².